The monoisotopic (exact) mass is 489 g/mol. The van der Waals surface area contributed by atoms with Gasteiger partial charge in [-0.1, -0.05) is 11.3 Å². The van der Waals surface area contributed by atoms with Crippen molar-refractivity contribution in [1.82, 2.24) is 20.5 Å². The van der Waals surface area contributed by atoms with Gasteiger partial charge in [0.15, 0.2) is 5.13 Å². The molecule has 2 aromatic heterocycles. The van der Waals surface area contributed by atoms with E-state index in [1.165, 1.54) is 17.6 Å². The summed E-state index contributed by atoms with van der Waals surface area (Å²) < 4.78 is 10.8. The van der Waals surface area contributed by atoms with Gasteiger partial charge in [-0.05, 0) is 58.6 Å². The Bertz CT molecular complexity index is 1060. The molecule has 4 atom stereocenters. The number of nitrogens with zero attached hydrogens (tertiary/aromatic N) is 2. The predicted octanol–water partition coefficient (Wildman–Crippen LogP) is 3.00. The van der Waals surface area contributed by atoms with Crippen molar-refractivity contribution < 1.29 is 23.5 Å². The van der Waals surface area contributed by atoms with Crippen molar-refractivity contribution in [2.24, 2.45) is 5.92 Å². The Balaban J connectivity index is 1.34. The zero-order chi connectivity index (χ0) is 24.6. The van der Waals surface area contributed by atoms with Crippen molar-refractivity contribution in [3.8, 4) is 0 Å². The van der Waals surface area contributed by atoms with E-state index in [1.54, 1.807) is 39.8 Å². The molecule has 4 rings (SSSR count). The number of piperidine rings is 1. The van der Waals surface area contributed by atoms with E-state index in [2.05, 4.69) is 15.6 Å². The fourth-order valence-electron chi connectivity index (χ4n) is 4.74. The van der Waals surface area contributed by atoms with Crippen LogP contribution in [0.2, 0.25) is 0 Å². The van der Waals surface area contributed by atoms with E-state index in [-0.39, 0.29) is 36.2 Å². The van der Waals surface area contributed by atoms with E-state index < -0.39 is 17.7 Å². The number of alkyl carbamates (subject to hydrolysis) is 1. The number of thiazole rings is 1. The van der Waals surface area contributed by atoms with Gasteiger partial charge in [0, 0.05) is 18.6 Å². The van der Waals surface area contributed by atoms with Crippen molar-refractivity contribution in [3.63, 3.8) is 0 Å². The molecule has 1 unspecified atom stereocenters. The molecule has 184 valence electrons. The maximum absolute atomic E-state index is 13.0. The Morgan fingerprint density at radius 3 is 2.68 bits per heavy atom. The number of ether oxygens (including phenoxy) is 1. The summed E-state index contributed by atoms with van der Waals surface area (Å²) in [7, 11) is 0. The molecule has 0 spiro atoms. The second-order valence-corrected chi connectivity index (χ2v) is 10.9. The second-order valence-electron chi connectivity index (χ2n) is 9.90. The van der Waals surface area contributed by atoms with Gasteiger partial charge in [0.2, 0.25) is 5.91 Å². The molecule has 1 aliphatic carbocycles. The number of fused-ring (bicyclic) bond motifs is 2. The first-order valence-corrected chi connectivity index (χ1v) is 12.2. The van der Waals surface area contributed by atoms with E-state index in [1.807, 2.05) is 4.90 Å². The number of nitrogens with one attached hydrogen (secondary N) is 2. The number of aromatic nitrogens is 1. The highest BCUT2D eigenvalue weighted by Gasteiger charge is 2.47. The Kier molecular flexibility index (Phi) is 6.57. The minimum atomic E-state index is -0.657. The average Bonchev–Trinajstić information content (AvgIpc) is 3.49. The predicted molar refractivity (Wildman–Crippen MR) is 126 cm³/mol. The van der Waals surface area contributed by atoms with Crippen molar-refractivity contribution in [1.29, 1.82) is 0 Å². The fraction of sp³-hybridized carbons (Fsp3) is 0.565. The quantitative estimate of drug-likeness (QED) is 0.567. The average molecular weight is 490 g/mol. The van der Waals surface area contributed by atoms with Crippen LogP contribution >= 0.6 is 11.3 Å². The van der Waals surface area contributed by atoms with Crippen LogP contribution in [0.1, 0.15) is 67.2 Å². The van der Waals surface area contributed by atoms with Crippen LogP contribution in [0.25, 0.3) is 0 Å². The highest BCUT2D eigenvalue weighted by Crippen LogP contribution is 2.39. The standard InChI is InChI=1S/C23H31N5O5S/c1-12-19(34-21(24)25-12)20(30)28-11-13-8-14(28)9-15(13)26-18(29)10-16(17-6-5-7-32-17)27-22(31)33-23(2,3)4/h5-7,13-16H,8-11H2,1-4H3,(H2,24,25)(H,26,29)(H,27,31)/t13-,14+,15-,16?/m1/s1. The SMILES string of the molecule is Cc1nc(N)sc1C(=O)N1C[C@H]2C[C@H]1C[C@H]2NC(=O)CC(NC(=O)OC(C)(C)C)c1ccco1. The maximum atomic E-state index is 13.0. The minimum absolute atomic E-state index is 0.0165. The lowest BCUT2D eigenvalue weighted by molar-refractivity contribution is -0.122. The smallest absolute Gasteiger partial charge is 0.408 e. The van der Waals surface area contributed by atoms with Gasteiger partial charge in [-0.2, -0.15) is 0 Å². The molecule has 10 nitrogen and oxygen atoms in total. The second kappa shape index (κ2) is 9.28. The number of rotatable bonds is 6. The van der Waals surface area contributed by atoms with Crippen LogP contribution in [-0.4, -0.2) is 52.0 Å². The third-order valence-corrected chi connectivity index (χ3v) is 7.10. The maximum Gasteiger partial charge on any atom is 0.408 e. The number of nitrogen functional groups attached to an aromatic ring is 1. The van der Waals surface area contributed by atoms with Gasteiger partial charge in [0.1, 0.15) is 16.2 Å². The topological polar surface area (TPSA) is 140 Å². The molecule has 0 aromatic carbocycles. The van der Waals surface area contributed by atoms with E-state index in [4.69, 9.17) is 14.9 Å². The molecule has 2 bridgehead atoms. The highest BCUT2D eigenvalue weighted by atomic mass is 32.1. The van der Waals surface area contributed by atoms with E-state index in [9.17, 15) is 14.4 Å². The number of carbonyl (C=O) groups is 3. The number of aryl methyl sites for hydroxylation is 1. The van der Waals surface area contributed by atoms with Gasteiger partial charge < -0.3 is 30.4 Å². The molecule has 1 saturated heterocycles. The van der Waals surface area contributed by atoms with Crippen LogP contribution in [0.3, 0.4) is 0 Å². The molecular weight excluding hydrogens is 458 g/mol. The summed E-state index contributed by atoms with van der Waals surface area (Å²) in [5.41, 5.74) is 5.75. The Morgan fingerprint density at radius 2 is 2.12 bits per heavy atom. The Hall–Kier alpha value is -3.08. The van der Waals surface area contributed by atoms with Gasteiger partial charge in [0.25, 0.3) is 5.91 Å². The number of nitrogens with two attached hydrogens (primary N) is 1. The fourth-order valence-corrected chi connectivity index (χ4v) is 5.53. The van der Waals surface area contributed by atoms with Crippen LogP contribution in [-0.2, 0) is 9.53 Å². The van der Waals surface area contributed by atoms with Gasteiger partial charge in [-0.3, -0.25) is 9.59 Å². The summed E-state index contributed by atoms with van der Waals surface area (Å²) in [5, 5.41) is 6.22. The Labute approximate surface area is 202 Å². The van der Waals surface area contributed by atoms with E-state index >= 15 is 0 Å². The van der Waals surface area contributed by atoms with Crippen molar-refractivity contribution in [2.75, 3.05) is 12.3 Å². The molecule has 0 radical (unpaired) electrons. The van der Waals surface area contributed by atoms with Crippen LogP contribution in [0, 0.1) is 12.8 Å². The number of likely N-dealkylation sites (tertiary alicyclic amines) is 1. The number of hydrogen-bond acceptors (Lipinski definition) is 8. The summed E-state index contributed by atoms with van der Waals surface area (Å²) in [4.78, 5) is 44.8. The normalized spacial score (nSPS) is 22.5. The van der Waals surface area contributed by atoms with Crippen LogP contribution in [0.5, 0.6) is 0 Å². The summed E-state index contributed by atoms with van der Waals surface area (Å²) in [5.74, 6) is 0.427. The van der Waals surface area contributed by atoms with Crippen LogP contribution in [0.4, 0.5) is 9.93 Å². The molecule has 3 amide bonds. The lowest BCUT2D eigenvalue weighted by atomic mass is 10.0. The summed E-state index contributed by atoms with van der Waals surface area (Å²) in [6.07, 6.45) is 2.44. The third kappa shape index (κ3) is 5.35. The lowest BCUT2D eigenvalue weighted by Crippen LogP contribution is -2.48. The minimum Gasteiger partial charge on any atom is -0.467 e. The molecule has 3 heterocycles. The van der Waals surface area contributed by atoms with Crippen molar-refractivity contribution in [3.05, 3.63) is 34.7 Å². The zero-order valence-corrected chi connectivity index (χ0v) is 20.6. The Morgan fingerprint density at radius 1 is 1.35 bits per heavy atom. The van der Waals surface area contributed by atoms with Gasteiger partial charge >= 0.3 is 6.09 Å². The van der Waals surface area contributed by atoms with Gasteiger partial charge in [0.05, 0.1) is 24.4 Å². The molecule has 2 aliphatic rings. The first kappa shape index (κ1) is 24.1. The summed E-state index contributed by atoms with van der Waals surface area (Å²) in [6, 6.07) is 2.82. The van der Waals surface area contributed by atoms with E-state index in [0.717, 1.165) is 6.42 Å². The lowest BCUT2D eigenvalue weighted by Gasteiger charge is -2.32. The van der Waals surface area contributed by atoms with E-state index in [0.29, 0.717) is 34.4 Å². The molecule has 4 N–H and O–H groups in total. The molecule has 11 heteroatoms. The number of anilines is 1. The number of hydrogen-bond donors (Lipinski definition) is 3. The summed E-state index contributed by atoms with van der Waals surface area (Å²) >= 11 is 1.21. The molecule has 1 saturated carbocycles. The number of amides is 3. The van der Waals surface area contributed by atoms with Crippen molar-refractivity contribution >= 4 is 34.4 Å². The van der Waals surface area contributed by atoms with Crippen LogP contribution in [0.15, 0.2) is 22.8 Å². The molecule has 34 heavy (non-hydrogen) atoms. The highest BCUT2D eigenvalue weighted by molar-refractivity contribution is 7.17. The summed E-state index contributed by atoms with van der Waals surface area (Å²) in [6.45, 7) is 7.70. The number of furan rings is 1. The van der Waals surface area contributed by atoms with Gasteiger partial charge in [-0.25, -0.2) is 9.78 Å². The van der Waals surface area contributed by atoms with Gasteiger partial charge in [-0.15, -0.1) is 0 Å². The first-order chi connectivity index (χ1) is 16.0. The molecule has 2 aromatic rings. The molecule has 1 aliphatic heterocycles. The largest absolute Gasteiger partial charge is 0.467 e. The number of carbonyl (C=O) groups excluding carboxylic acids is 3. The zero-order valence-electron chi connectivity index (χ0n) is 19.8. The third-order valence-electron chi connectivity index (χ3n) is 6.12. The molecular formula is C23H31N5O5S. The first-order valence-electron chi connectivity index (χ1n) is 11.4. The molecule has 2 fully saturated rings. The van der Waals surface area contributed by atoms with Crippen molar-refractivity contribution in [2.45, 2.75) is 70.7 Å². The van der Waals surface area contributed by atoms with Crippen LogP contribution < -0.4 is 16.4 Å².